The van der Waals surface area contributed by atoms with Crippen molar-refractivity contribution in [3.63, 3.8) is 0 Å². The lowest BCUT2D eigenvalue weighted by atomic mass is 10.1. The minimum Gasteiger partial charge on any atom is -0.379 e. The molecule has 2 fully saturated rings. The molecule has 0 radical (unpaired) electrons. The zero-order chi connectivity index (χ0) is 24.0. The van der Waals surface area contributed by atoms with Crippen LogP contribution in [0.2, 0.25) is 0 Å². The van der Waals surface area contributed by atoms with E-state index in [-0.39, 0.29) is 23.3 Å². The molecule has 0 atom stereocenters. The van der Waals surface area contributed by atoms with E-state index in [2.05, 4.69) is 17.2 Å². The third-order valence-corrected chi connectivity index (χ3v) is 7.71. The Morgan fingerprint density at radius 2 is 1.68 bits per heavy atom. The maximum atomic E-state index is 12.7. The average Bonchev–Trinajstić information content (AvgIpc) is 2.88. The summed E-state index contributed by atoms with van der Waals surface area (Å²) < 4.78 is 31.9. The van der Waals surface area contributed by atoms with Gasteiger partial charge in [-0.1, -0.05) is 11.8 Å². The molecule has 8 nitrogen and oxygen atoms in total. The summed E-state index contributed by atoms with van der Waals surface area (Å²) in [7, 11) is -3.59. The van der Waals surface area contributed by atoms with E-state index in [1.165, 1.54) is 28.6 Å². The lowest BCUT2D eigenvalue weighted by Crippen LogP contribution is -2.40. The van der Waals surface area contributed by atoms with Crippen LogP contribution in [0, 0.1) is 11.8 Å². The second kappa shape index (κ2) is 10.8. The van der Waals surface area contributed by atoms with Crippen LogP contribution in [0.4, 0.5) is 5.69 Å². The summed E-state index contributed by atoms with van der Waals surface area (Å²) in [4.78, 5) is 26.4. The molecule has 0 unspecified atom stereocenters. The normalized spacial score (nSPS) is 17.1. The molecule has 0 bridgehead atoms. The van der Waals surface area contributed by atoms with Crippen molar-refractivity contribution in [3.8, 4) is 11.8 Å². The fraction of sp³-hybridized carbons (Fsp3) is 0.360. The number of rotatable bonds is 5. The number of amides is 2. The largest absolute Gasteiger partial charge is 0.379 e. The highest BCUT2D eigenvalue weighted by Crippen LogP contribution is 2.21. The average molecular weight is 482 g/mol. The molecule has 2 aliphatic rings. The van der Waals surface area contributed by atoms with Gasteiger partial charge in [0.25, 0.3) is 5.91 Å². The topological polar surface area (TPSA) is 96.0 Å². The number of carbonyl (C=O) groups is 2. The highest BCUT2D eigenvalue weighted by molar-refractivity contribution is 7.89. The van der Waals surface area contributed by atoms with Crippen LogP contribution < -0.4 is 10.2 Å². The summed E-state index contributed by atoms with van der Waals surface area (Å²) in [6, 6.07) is 13.4. The number of hydrogen-bond acceptors (Lipinski definition) is 5. The molecule has 0 aromatic heterocycles. The molecule has 178 valence electrons. The zero-order valence-electron chi connectivity index (χ0n) is 18.8. The van der Waals surface area contributed by atoms with Gasteiger partial charge in [0.1, 0.15) is 0 Å². The maximum Gasteiger partial charge on any atom is 0.252 e. The molecule has 0 saturated carbocycles. The van der Waals surface area contributed by atoms with Crippen molar-refractivity contribution in [3.05, 3.63) is 59.7 Å². The van der Waals surface area contributed by atoms with Crippen LogP contribution in [-0.2, 0) is 19.6 Å². The number of nitrogens with one attached hydrogen (secondary N) is 1. The molecule has 1 N–H and O–H groups in total. The van der Waals surface area contributed by atoms with Gasteiger partial charge in [-0.05, 0) is 61.4 Å². The highest BCUT2D eigenvalue weighted by Gasteiger charge is 2.26. The first kappa shape index (κ1) is 24.0. The number of ether oxygens (including phenoxy) is 1. The lowest BCUT2D eigenvalue weighted by molar-refractivity contribution is -0.119. The predicted molar refractivity (Wildman–Crippen MR) is 128 cm³/mol. The lowest BCUT2D eigenvalue weighted by Gasteiger charge is -2.26. The quantitative estimate of drug-likeness (QED) is 0.659. The Hall–Kier alpha value is -3.19. The number of anilines is 1. The number of nitrogens with zero attached hydrogens (tertiary/aromatic N) is 2. The fourth-order valence-corrected chi connectivity index (χ4v) is 5.30. The Balaban J connectivity index is 1.30. The van der Waals surface area contributed by atoms with Crippen molar-refractivity contribution in [1.82, 2.24) is 9.62 Å². The molecule has 2 aromatic rings. The summed E-state index contributed by atoms with van der Waals surface area (Å²) >= 11 is 0. The van der Waals surface area contributed by atoms with Crippen LogP contribution >= 0.6 is 0 Å². The summed E-state index contributed by atoms with van der Waals surface area (Å²) in [5, 5.41) is 2.72. The first-order valence-electron chi connectivity index (χ1n) is 11.3. The summed E-state index contributed by atoms with van der Waals surface area (Å²) in [6.45, 7) is 2.30. The molecule has 34 heavy (non-hydrogen) atoms. The van der Waals surface area contributed by atoms with Crippen LogP contribution in [0.15, 0.2) is 53.4 Å². The van der Waals surface area contributed by atoms with Gasteiger partial charge in [0.2, 0.25) is 15.9 Å². The Kier molecular flexibility index (Phi) is 7.63. The summed E-state index contributed by atoms with van der Waals surface area (Å²) in [5.74, 6) is 5.73. The molecule has 2 amide bonds. The molecule has 9 heteroatoms. The minimum absolute atomic E-state index is 0.152. The van der Waals surface area contributed by atoms with Crippen molar-refractivity contribution >= 4 is 27.5 Å². The van der Waals surface area contributed by atoms with E-state index in [1.807, 2.05) is 24.3 Å². The van der Waals surface area contributed by atoms with E-state index in [4.69, 9.17) is 4.74 Å². The van der Waals surface area contributed by atoms with E-state index in [1.54, 1.807) is 4.90 Å². The van der Waals surface area contributed by atoms with Gasteiger partial charge >= 0.3 is 0 Å². The van der Waals surface area contributed by atoms with Crippen molar-refractivity contribution in [1.29, 1.82) is 0 Å². The van der Waals surface area contributed by atoms with E-state index >= 15 is 0 Å². The number of hydrogen-bond donors (Lipinski definition) is 1. The van der Waals surface area contributed by atoms with Gasteiger partial charge in [-0.2, -0.15) is 4.31 Å². The number of carbonyl (C=O) groups excluding carboxylic acids is 2. The molecular formula is C25H27N3O5S. The van der Waals surface area contributed by atoms with Crippen molar-refractivity contribution in [2.45, 2.75) is 24.2 Å². The summed E-state index contributed by atoms with van der Waals surface area (Å²) in [5.41, 5.74) is 2.03. The number of sulfonamides is 1. The second-order valence-corrected chi connectivity index (χ2v) is 10.0. The molecule has 2 aromatic carbocycles. The monoisotopic (exact) mass is 481 g/mol. The van der Waals surface area contributed by atoms with Gasteiger partial charge in [-0.25, -0.2) is 8.42 Å². The number of piperidine rings is 1. The van der Waals surface area contributed by atoms with E-state index in [0.717, 1.165) is 30.6 Å². The van der Waals surface area contributed by atoms with Gasteiger partial charge < -0.3 is 15.0 Å². The third-order valence-electron chi connectivity index (χ3n) is 5.80. The highest BCUT2D eigenvalue weighted by atomic mass is 32.2. The molecule has 4 rings (SSSR count). The van der Waals surface area contributed by atoms with Crippen molar-refractivity contribution in [2.75, 3.05) is 44.3 Å². The Labute approximate surface area is 199 Å². The SMILES string of the molecule is O=C(NCC#Cc1ccc(N2CCCCC2=O)cc1)c1ccc(S(=O)(=O)N2CCOCC2)cc1. The smallest absolute Gasteiger partial charge is 0.252 e. The Bertz CT molecular complexity index is 1190. The molecule has 2 saturated heterocycles. The molecule has 0 spiro atoms. The van der Waals surface area contributed by atoms with Crippen LogP contribution in [-0.4, -0.2) is 63.9 Å². The number of morpholine rings is 1. The molecule has 0 aliphatic carbocycles. The Morgan fingerprint density at radius 1 is 0.971 bits per heavy atom. The van der Waals surface area contributed by atoms with Crippen molar-refractivity contribution in [2.24, 2.45) is 0 Å². The molecule has 2 heterocycles. The fourth-order valence-electron chi connectivity index (χ4n) is 3.89. The van der Waals surface area contributed by atoms with Gasteiger partial charge in [0.05, 0.1) is 24.7 Å². The zero-order valence-corrected chi connectivity index (χ0v) is 19.6. The standard InChI is InChI=1S/C25H27N3O5S/c29-24-5-1-2-15-28(24)22-10-6-20(7-11-22)4-3-14-26-25(30)21-8-12-23(13-9-21)34(31,32)27-16-18-33-19-17-27/h6-13H,1-2,5,14-19H2,(H,26,30). The molecule has 2 aliphatic heterocycles. The third kappa shape index (κ3) is 5.65. The van der Waals surface area contributed by atoms with Crippen molar-refractivity contribution < 1.29 is 22.7 Å². The van der Waals surface area contributed by atoms with E-state index in [0.29, 0.717) is 38.3 Å². The van der Waals surface area contributed by atoms with Crippen LogP contribution in [0.25, 0.3) is 0 Å². The van der Waals surface area contributed by atoms with Gasteiger partial charge in [-0.15, -0.1) is 0 Å². The Morgan fingerprint density at radius 3 is 2.35 bits per heavy atom. The van der Waals surface area contributed by atoms with E-state index in [9.17, 15) is 18.0 Å². The van der Waals surface area contributed by atoms with Gasteiger partial charge in [-0.3, -0.25) is 9.59 Å². The first-order chi connectivity index (χ1) is 16.4. The maximum absolute atomic E-state index is 12.7. The van der Waals surface area contributed by atoms with Gasteiger partial charge in [0, 0.05) is 42.9 Å². The minimum atomic E-state index is -3.59. The van der Waals surface area contributed by atoms with Crippen LogP contribution in [0.5, 0.6) is 0 Å². The summed E-state index contributed by atoms with van der Waals surface area (Å²) in [6.07, 6.45) is 2.55. The predicted octanol–water partition coefficient (Wildman–Crippen LogP) is 2.01. The first-order valence-corrected chi connectivity index (χ1v) is 12.7. The van der Waals surface area contributed by atoms with Crippen LogP contribution in [0.1, 0.15) is 35.2 Å². The molecular weight excluding hydrogens is 454 g/mol. The number of benzene rings is 2. The van der Waals surface area contributed by atoms with E-state index < -0.39 is 10.0 Å². The second-order valence-electron chi connectivity index (χ2n) is 8.07. The van der Waals surface area contributed by atoms with Crippen LogP contribution in [0.3, 0.4) is 0 Å². The van der Waals surface area contributed by atoms with Gasteiger partial charge in [0.15, 0.2) is 0 Å².